The molecule has 21 heavy (non-hydrogen) atoms. The minimum absolute atomic E-state index is 0.0209. The zero-order chi connectivity index (χ0) is 15.6. The average Bonchev–Trinajstić information content (AvgIpc) is 2.40. The molecule has 0 spiro atoms. The highest BCUT2D eigenvalue weighted by Crippen LogP contribution is 2.33. The SMILES string of the molecule is CC1CCCN(S(=O)(=O)c2ccc(Br)cc2Cl)C1N=C=O. The number of hydrogen-bond acceptors (Lipinski definition) is 4. The van der Waals surface area contributed by atoms with E-state index in [1.54, 1.807) is 6.07 Å². The van der Waals surface area contributed by atoms with Gasteiger partial charge in [-0.1, -0.05) is 34.5 Å². The molecule has 1 heterocycles. The highest BCUT2D eigenvalue weighted by molar-refractivity contribution is 9.10. The van der Waals surface area contributed by atoms with E-state index >= 15 is 0 Å². The maximum absolute atomic E-state index is 12.8. The van der Waals surface area contributed by atoms with Crippen molar-refractivity contribution in [1.29, 1.82) is 0 Å². The Labute approximate surface area is 137 Å². The van der Waals surface area contributed by atoms with Crippen LogP contribution in [0.25, 0.3) is 0 Å². The summed E-state index contributed by atoms with van der Waals surface area (Å²) in [7, 11) is -3.81. The zero-order valence-electron chi connectivity index (χ0n) is 11.3. The van der Waals surface area contributed by atoms with Crippen LogP contribution in [0.4, 0.5) is 0 Å². The number of isocyanates is 1. The lowest BCUT2D eigenvalue weighted by atomic mass is 9.98. The number of benzene rings is 1. The first-order chi connectivity index (χ1) is 9.87. The van der Waals surface area contributed by atoms with E-state index < -0.39 is 16.2 Å². The number of nitrogens with zero attached hydrogens (tertiary/aromatic N) is 2. The largest absolute Gasteiger partial charge is 0.246 e. The Balaban J connectivity index is 2.48. The number of sulfonamides is 1. The van der Waals surface area contributed by atoms with Crippen LogP contribution in [0.3, 0.4) is 0 Å². The molecule has 1 fully saturated rings. The molecule has 2 rings (SSSR count). The summed E-state index contributed by atoms with van der Waals surface area (Å²) in [5.41, 5.74) is 0. The number of aliphatic imine (C=N–C) groups is 1. The standard InChI is InChI=1S/C13H14BrClN2O3S/c1-9-3-2-6-17(13(9)16-8-18)21(19,20)12-5-4-10(14)7-11(12)15/h4-5,7,9,13H,2-3,6H2,1H3. The van der Waals surface area contributed by atoms with Crippen LogP contribution in [0.15, 0.2) is 32.6 Å². The van der Waals surface area contributed by atoms with E-state index in [4.69, 9.17) is 11.6 Å². The van der Waals surface area contributed by atoms with E-state index in [1.807, 2.05) is 6.92 Å². The number of hydrogen-bond donors (Lipinski definition) is 0. The molecular formula is C13H14BrClN2O3S. The smallest absolute Gasteiger partial charge is 0.211 e. The lowest BCUT2D eigenvalue weighted by Crippen LogP contribution is -2.46. The van der Waals surface area contributed by atoms with Gasteiger partial charge in [0.05, 0.1) is 5.02 Å². The van der Waals surface area contributed by atoms with Crippen molar-refractivity contribution in [3.8, 4) is 0 Å². The summed E-state index contributed by atoms with van der Waals surface area (Å²) < 4.78 is 27.5. The van der Waals surface area contributed by atoms with Crippen molar-refractivity contribution in [3.63, 3.8) is 0 Å². The van der Waals surface area contributed by atoms with Crippen molar-refractivity contribution in [2.75, 3.05) is 6.54 Å². The van der Waals surface area contributed by atoms with Crippen LogP contribution in [0.5, 0.6) is 0 Å². The number of rotatable bonds is 3. The second-order valence-electron chi connectivity index (χ2n) is 4.94. The Hall–Kier alpha value is -0.720. The first-order valence-electron chi connectivity index (χ1n) is 6.42. The number of halogens is 2. The minimum Gasteiger partial charge on any atom is -0.211 e. The fraction of sp³-hybridized carbons (Fsp3) is 0.462. The topological polar surface area (TPSA) is 66.8 Å². The van der Waals surface area contributed by atoms with Crippen molar-refractivity contribution in [2.24, 2.45) is 10.9 Å². The maximum atomic E-state index is 12.8. The molecule has 0 amide bonds. The van der Waals surface area contributed by atoms with Gasteiger partial charge < -0.3 is 0 Å². The van der Waals surface area contributed by atoms with Crippen molar-refractivity contribution in [3.05, 3.63) is 27.7 Å². The molecule has 0 aromatic heterocycles. The van der Waals surface area contributed by atoms with Gasteiger partial charge in [-0.3, -0.25) is 0 Å². The molecule has 5 nitrogen and oxygen atoms in total. The molecule has 0 radical (unpaired) electrons. The molecule has 8 heteroatoms. The Morgan fingerprint density at radius 3 is 2.81 bits per heavy atom. The summed E-state index contributed by atoms with van der Waals surface area (Å²) in [5, 5.41) is 0.136. The first kappa shape index (κ1) is 16.6. The Morgan fingerprint density at radius 1 is 1.48 bits per heavy atom. The zero-order valence-corrected chi connectivity index (χ0v) is 14.4. The van der Waals surface area contributed by atoms with Gasteiger partial charge in [-0.2, -0.15) is 9.30 Å². The van der Waals surface area contributed by atoms with Crippen LogP contribution in [0, 0.1) is 5.92 Å². The lowest BCUT2D eigenvalue weighted by molar-refractivity contribution is 0.194. The van der Waals surface area contributed by atoms with Crippen molar-refractivity contribution < 1.29 is 13.2 Å². The molecule has 1 aromatic carbocycles. The van der Waals surface area contributed by atoms with Crippen molar-refractivity contribution in [2.45, 2.75) is 30.8 Å². The monoisotopic (exact) mass is 392 g/mol. The summed E-state index contributed by atoms with van der Waals surface area (Å²) in [6.45, 7) is 2.19. The van der Waals surface area contributed by atoms with E-state index in [0.717, 1.165) is 12.8 Å². The first-order valence-corrected chi connectivity index (χ1v) is 9.03. The van der Waals surface area contributed by atoms with Crippen LogP contribution in [-0.2, 0) is 14.8 Å². The van der Waals surface area contributed by atoms with Crippen LogP contribution >= 0.6 is 27.5 Å². The summed E-state index contributed by atoms with van der Waals surface area (Å²) in [5.74, 6) is -0.0378. The fourth-order valence-electron chi connectivity index (χ4n) is 2.45. The third-order valence-corrected chi connectivity index (χ3v) is 6.35. The molecule has 1 aliphatic heterocycles. The molecule has 1 aliphatic rings. The third kappa shape index (κ3) is 3.38. The van der Waals surface area contributed by atoms with Gasteiger partial charge in [-0.05, 0) is 37.0 Å². The van der Waals surface area contributed by atoms with Gasteiger partial charge in [0, 0.05) is 11.0 Å². The van der Waals surface area contributed by atoms with Gasteiger partial charge in [0.2, 0.25) is 16.1 Å². The van der Waals surface area contributed by atoms with E-state index in [2.05, 4.69) is 20.9 Å². The van der Waals surface area contributed by atoms with Gasteiger partial charge >= 0.3 is 0 Å². The molecule has 0 saturated carbocycles. The van der Waals surface area contributed by atoms with Crippen molar-refractivity contribution in [1.82, 2.24) is 4.31 Å². The van der Waals surface area contributed by atoms with E-state index in [1.165, 1.54) is 22.5 Å². The normalized spacial score (nSPS) is 23.6. The van der Waals surface area contributed by atoms with Gasteiger partial charge in [-0.15, -0.1) is 0 Å². The summed E-state index contributed by atoms with van der Waals surface area (Å²) in [6, 6.07) is 4.59. The molecule has 1 aromatic rings. The molecule has 0 aliphatic carbocycles. The quantitative estimate of drug-likeness (QED) is 0.585. The Kier molecular flexibility index (Phi) is 5.22. The lowest BCUT2D eigenvalue weighted by Gasteiger charge is -2.35. The molecule has 1 saturated heterocycles. The molecule has 0 bridgehead atoms. The molecule has 2 atom stereocenters. The van der Waals surface area contributed by atoms with Gasteiger partial charge in [0.15, 0.2) is 0 Å². The van der Waals surface area contributed by atoms with E-state index in [0.29, 0.717) is 11.0 Å². The van der Waals surface area contributed by atoms with E-state index in [-0.39, 0.29) is 15.8 Å². The Bertz CT molecular complexity index is 689. The minimum atomic E-state index is -3.81. The molecule has 114 valence electrons. The third-order valence-electron chi connectivity index (χ3n) is 3.51. The van der Waals surface area contributed by atoms with Crippen LogP contribution in [-0.4, -0.2) is 31.5 Å². The summed E-state index contributed by atoms with van der Waals surface area (Å²) in [6.07, 6.45) is 2.29. The average molecular weight is 394 g/mol. The van der Waals surface area contributed by atoms with Crippen molar-refractivity contribution >= 4 is 43.6 Å². The van der Waals surface area contributed by atoms with Crippen LogP contribution in [0.1, 0.15) is 19.8 Å². The van der Waals surface area contributed by atoms with Crippen LogP contribution < -0.4 is 0 Å². The van der Waals surface area contributed by atoms with E-state index in [9.17, 15) is 13.2 Å². The highest BCUT2D eigenvalue weighted by Gasteiger charge is 2.38. The molecule has 0 N–H and O–H groups in total. The van der Waals surface area contributed by atoms with Gasteiger partial charge in [0.1, 0.15) is 11.1 Å². The van der Waals surface area contributed by atoms with Gasteiger partial charge in [0.25, 0.3) is 0 Å². The summed E-state index contributed by atoms with van der Waals surface area (Å²) >= 11 is 9.29. The second kappa shape index (κ2) is 6.58. The highest BCUT2D eigenvalue weighted by atomic mass is 79.9. The second-order valence-corrected chi connectivity index (χ2v) is 8.13. The van der Waals surface area contributed by atoms with Gasteiger partial charge in [-0.25, -0.2) is 13.2 Å². The Morgan fingerprint density at radius 2 is 2.19 bits per heavy atom. The number of carbonyl (C=O) groups excluding carboxylic acids is 1. The predicted molar refractivity (Wildman–Crippen MR) is 83.4 cm³/mol. The number of piperidine rings is 1. The summed E-state index contributed by atoms with van der Waals surface area (Å²) in [4.78, 5) is 14.3. The molecular weight excluding hydrogens is 380 g/mol. The van der Waals surface area contributed by atoms with Crippen LogP contribution in [0.2, 0.25) is 5.02 Å². The maximum Gasteiger partial charge on any atom is 0.246 e. The fourth-order valence-corrected chi connectivity index (χ4v) is 5.13. The predicted octanol–water partition coefficient (Wildman–Crippen LogP) is 3.19. The molecule has 2 unspecified atom stereocenters.